The number of carbonyl (C=O) groups is 2. The van der Waals surface area contributed by atoms with E-state index in [1.807, 2.05) is 11.8 Å². The van der Waals surface area contributed by atoms with Gasteiger partial charge in [-0.2, -0.15) is 0 Å². The lowest BCUT2D eigenvalue weighted by atomic mass is 9.93. The predicted octanol–water partition coefficient (Wildman–Crippen LogP) is 2.66. The summed E-state index contributed by atoms with van der Waals surface area (Å²) in [6.07, 6.45) is 9.78. The van der Waals surface area contributed by atoms with Crippen molar-refractivity contribution in [1.29, 1.82) is 0 Å². The molecule has 1 saturated carbocycles. The molecule has 2 aliphatic rings. The fraction of sp³-hybridized carbons (Fsp3) is 0.882. The van der Waals surface area contributed by atoms with Crippen LogP contribution in [0.2, 0.25) is 0 Å². The molecule has 0 unspecified atom stereocenters. The van der Waals surface area contributed by atoms with E-state index in [0.29, 0.717) is 18.4 Å². The number of hydrogen-bond acceptors (Lipinski definition) is 2. The third-order valence-electron chi connectivity index (χ3n) is 5.03. The van der Waals surface area contributed by atoms with Gasteiger partial charge in [0.2, 0.25) is 5.91 Å². The smallest absolute Gasteiger partial charge is 0.317 e. The van der Waals surface area contributed by atoms with E-state index in [1.54, 1.807) is 0 Å². The van der Waals surface area contributed by atoms with Gasteiger partial charge in [-0.25, -0.2) is 4.79 Å². The number of nitrogens with one attached hydrogen (secondary N) is 2. The topological polar surface area (TPSA) is 61.4 Å². The fourth-order valence-corrected chi connectivity index (χ4v) is 3.48. The van der Waals surface area contributed by atoms with Crippen LogP contribution in [0.25, 0.3) is 0 Å². The molecule has 0 aromatic rings. The SMILES string of the molecule is CCC(=O)NCCC1CCN(C(=O)NC2CCCCC2)CC1. The summed E-state index contributed by atoms with van der Waals surface area (Å²) >= 11 is 0. The number of urea groups is 1. The van der Waals surface area contributed by atoms with Crippen molar-refractivity contribution in [1.82, 2.24) is 15.5 Å². The second-order valence-corrected chi connectivity index (χ2v) is 6.71. The minimum Gasteiger partial charge on any atom is -0.356 e. The molecular weight excluding hydrogens is 278 g/mol. The van der Waals surface area contributed by atoms with Gasteiger partial charge in [-0.15, -0.1) is 0 Å². The number of piperidine rings is 1. The summed E-state index contributed by atoms with van der Waals surface area (Å²) in [4.78, 5) is 25.5. The molecule has 1 heterocycles. The zero-order valence-corrected chi connectivity index (χ0v) is 13.9. The van der Waals surface area contributed by atoms with E-state index in [2.05, 4.69) is 10.6 Å². The van der Waals surface area contributed by atoms with Gasteiger partial charge in [0.05, 0.1) is 0 Å². The van der Waals surface area contributed by atoms with E-state index in [1.165, 1.54) is 19.3 Å². The van der Waals surface area contributed by atoms with Crippen molar-refractivity contribution in [2.24, 2.45) is 5.92 Å². The Morgan fingerprint density at radius 3 is 2.36 bits per heavy atom. The number of hydrogen-bond donors (Lipinski definition) is 2. The number of nitrogens with zero attached hydrogens (tertiary/aromatic N) is 1. The van der Waals surface area contributed by atoms with Crippen LogP contribution >= 0.6 is 0 Å². The summed E-state index contributed by atoms with van der Waals surface area (Å²) in [7, 11) is 0. The standard InChI is InChI=1S/C17H31N3O2/c1-2-16(21)18-11-8-14-9-12-20(13-10-14)17(22)19-15-6-4-3-5-7-15/h14-15H,2-13H2,1H3,(H,18,21)(H,19,22). The van der Waals surface area contributed by atoms with Crippen LogP contribution in [0.15, 0.2) is 0 Å². The fourth-order valence-electron chi connectivity index (χ4n) is 3.48. The molecule has 0 bridgehead atoms. The molecular formula is C17H31N3O2. The van der Waals surface area contributed by atoms with Gasteiger partial charge in [0.25, 0.3) is 0 Å². The molecule has 1 aliphatic carbocycles. The molecule has 2 fully saturated rings. The first-order chi connectivity index (χ1) is 10.7. The van der Waals surface area contributed by atoms with Crippen molar-refractivity contribution < 1.29 is 9.59 Å². The Hall–Kier alpha value is -1.26. The van der Waals surface area contributed by atoms with Crippen molar-refractivity contribution in [2.75, 3.05) is 19.6 Å². The highest BCUT2D eigenvalue weighted by molar-refractivity contribution is 5.75. The lowest BCUT2D eigenvalue weighted by Crippen LogP contribution is -2.48. The summed E-state index contributed by atoms with van der Waals surface area (Å²) in [5.41, 5.74) is 0. The van der Waals surface area contributed by atoms with Crippen LogP contribution in [0.1, 0.15) is 64.7 Å². The average Bonchev–Trinajstić information content (AvgIpc) is 2.56. The van der Waals surface area contributed by atoms with Gasteiger partial charge in [0, 0.05) is 32.1 Å². The van der Waals surface area contributed by atoms with Gasteiger partial charge in [0.1, 0.15) is 0 Å². The van der Waals surface area contributed by atoms with Crippen LogP contribution in [-0.4, -0.2) is 42.5 Å². The Bertz CT molecular complexity index is 359. The highest BCUT2D eigenvalue weighted by atomic mass is 16.2. The van der Waals surface area contributed by atoms with Crippen LogP contribution in [0.5, 0.6) is 0 Å². The highest BCUT2D eigenvalue weighted by Gasteiger charge is 2.24. The molecule has 1 aliphatic heterocycles. The van der Waals surface area contributed by atoms with Crippen LogP contribution in [0, 0.1) is 5.92 Å². The van der Waals surface area contributed by atoms with Crippen LogP contribution in [0.3, 0.4) is 0 Å². The van der Waals surface area contributed by atoms with E-state index in [0.717, 1.165) is 51.7 Å². The maximum Gasteiger partial charge on any atom is 0.317 e. The van der Waals surface area contributed by atoms with E-state index >= 15 is 0 Å². The third kappa shape index (κ3) is 5.50. The largest absolute Gasteiger partial charge is 0.356 e. The Kier molecular flexibility index (Phi) is 7.00. The summed E-state index contributed by atoms with van der Waals surface area (Å²) in [6, 6.07) is 0.521. The molecule has 1 saturated heterocycles. The molecule has 0 aromatic heterocycles. The Balaban J connectivity index is 1.61. The van der Waals surface area contributed by atoms with Crippen molar-refractivity contribution >= 4 is 11.9 Å². The molecule has 126 valence electrons. The zero-order chi connectivity index (χ0) is 15.8. The number of rotatable bonds is 5. The molecule has 0 spiro atoms. The molecule has 2 N–H and O–H groups in total. The molecule has 5 heteroatoms. The predicted molar refractivity (Wildman–Crippen MR) is 87.6 cm³/mol. The highest BCUT2D eigenvalue weighted by Crippen LogP contribution is 2.21. The van der Waals surface area contributed by atoms with Crippen molar-refractivity contribution in [2.45, 2.75) is 70.8 Å². The van der Waals surface area contributed by atoms with Gasteiger partial charge >= 0.3 is 6.03 Å². The van der Waals surface area contributed by atoms with E-state index in [-0.39, 0.29) is 11.9 Å². The lowest BCUT2D eigenvalue weighted by Gasteiger charge is -2.34. The quantitative estimate of drug-likeness (QED) is 0.820. The summed E-state index contributed by atoms with van der Waals surface area (Å²) in [5.74, 6) is 0.764. The summed E-state index contributed by atoms with van der Waals surface area (Å²) in [5, 5.41) is 6.14. The second-order valence-electron chi connectivity index (χ2n) is 6.71. The summed E-state index contributed by atoms with van der Waals surface area (Å²) in [6.45, 7) is 4.35. The number of likely N-dealkylation sites (tertiary alicyclic amines) is 1. The van der Waals surface area contributed by atoms with Gasteiger partial charge in [-0.1, -0.05) is 26.2 Å². The first kappa shape index (κ1) is 17.1. The Morgan fingerprint density at radius 2 is 1.73 bits per heavy atom. The molecule has 5 nitrogen and oxygen atoms in total. The molecule has 0 aromatic carbocycles. The summed E-state index contributed by atoms with van der Waals surface area (Å²) < 4.78 is 0. The molecule has 0 atom stereocenters. The van der Waals surface area contributed by atoms with E-state index < -0.39 is 0 Å². The minimum absolute atomic E-state index is 0.129. The van der Waals surface area contributed by atoms with Gasteiger partial charge in [-0.3, -0.25) is 4.79 Å². The third-order valence-corrected chi connectivity index (χ3v) is 5.03. The monoisotopic (exact) mass is 309 g/mol. The Morgan fingerprint density at radius 1 is 1.05 bits per heavy atom. The molecule has 2 rings (SSSR count). The maximum absolute atomic E-state index is 12.3. The van der Waals surface area contributed by atoms with Gasteiger partial charge < -0.3 is 15.5 Å². The van der Waals surface area contributed by atoms with Gasteiger partial charge in [-0.05, 0) is 38.0 Å². The number of carbonyl (C=O) groups excluding carboxylic acids is 2. The van der Waals surface area contributed by atoms with Crippen LogP contribution in [-0.2, 0) is 4.79 Å². The van der Waals surface area contributed by atoms with Crippen LogP contribution < -0.4 is 10.6 Å². The first-order valence-corrected chi connectivity index (χ1v) is 9.01. The van der Waals surface area contributed by atoms with E-state index in [9.17, 15) is 9.59 Å². The van der Waals surface area contributed by atoms with Crippen molar-refractivity contribution in [3.05, 3.63) is 0 Å². The first-order valence-electron chi connectivity index (χ1n) is 9.01. The van der Waals surface area contributed by atoms with Crippen molar-refractivity contribution in [3.63, 3.8) is 0 Å². The average molecular weight is 309 g/mol. The Labute approximate surface area is 134 Å². The normalized spacial score (nSPS) is 20.7. The van der Waals surface area contributed by atoms with Gasteiger partial charge in [0.15, 0.2) is 0 Å². The van der Waals surface area contributed by atoms with Crippen LogP contribution in [0.4, 0.5) is 4.79 Å². The lowest BCUT2D eigenvalue weighted by molar-refractivity contribution is -0.120. The number of amides is 3. The van der Waals surface area contributed by atoms with Crippen molar-refractivity contribution in [3.8, 4) is 0 Å². The zero-order valence-electron chi connectivity index (χ0n) is 13.9. The molecule has 22 heavy (non-hydrogen) atoms. The van der Waals surface area contributed by atoms with E-state index in [4.69, 9.17) is 0 Å². The minimum atomic E-state index is 0.129. The molecule has 3 amide bonds. The maximum atomic E-state index is 12.3. The second kappa shape index (κ2) is 9.01. The molecule has 0 radical (unpaired) electrons.